The normalized spacial score (nSPS) is 11.7. The molecule has 0 spiro atoms. The number of nitrogens with zero attached hydrogens (tertiary/aromatic N) is 1. The van der Waals surface area contributed by atoms with Crippen LogP contribution in [-0.4, -0.2) is 24.2 Å². The predicted octanol–water partition coefficient (Wildman–Crippen LogP) is 4.20. The first-order valence-corrected chi connectivity index (χ1v) is 8.99. The summed E-state index contributed by atoms with van der Waals surface area (Å²) in [7, 11) is 0. The van der Waals surface area contributed by atoms with Gasteiger partial charge in [-0.2, -0.15) is 0 Å². The summed E-state index contributed by atoms with van der Waals surface area (Å²) >= 11 is 0. The molecule has 2 heterocycles. The van der Waals surface area contributed by atoms with Crippen LogP contribution in [-0.2, 0) is 17.8 Å². The minimum atomic E-state index is 0.0229. The van der Waals surface area contributed by atoms with E-state index in [9.17, 15) is 4.79 Å². The van der Waals surface area contributed by atoms with Gasteiger partial charge in [0.05, 0.1) is 30.6 Å². The molecule has 0 aliphatic carbocycles. The lowest BCUT2D eigenvalue weighted by molar-refractivity contribution is 0.0686. The Kier molecular flexibility index (Phi) is 6.26. The molecule has 0 aliphatic heterocycles. The van der Waals surface area contributed by atoms with E-state index in [-0.39, 0.29) is 11.5 Å². The quantitative estimate of drug-likeness (QED) is 0.538. The molecule has 0 amide bonds. The first-order chi connectivity index (χ1) is 12.6. The molecule has 0 saturated heterocycles. The van der Waals surface area contributed by atoms with Gasteiger partial charge in [0.1, 0.15) is 11.3 Å². The molecule has 26 heavy (non-hydrogen) atoms. The largest absolute Gasteiger partial charge is 0.468 e. The first kappa shape index (κ1) is 18.4. The van der Waals surface area contributed by atoms with Crippen LogP contribution < -0.4 is 5.43 Å². The van der Waals surface area contributed by atoms with Crippen LogP contribution in [0.2, 0.25) is 0 Å². The van der Waals surface area contributed by atoms with Crippen molar-refractivity contribution in [2.75, 3.05) is 13.2 Å². The van der Waals surface area contributed by atoms with E-state index >= 15 is 0 Å². The van der Waals surface area contributed by atoms with E-state index in [1.54, 1.807) is 18.6 Å². The predicted molar refractivity (Wildman–Crippen MR) is 101 cm³/mol. The van der Waals surface area contributed by atoms with E-state index in [1.807, 2.05) is 44.2 Å². The molecule has 2 aromatic heterocycles. The van der Waals surface area contributed by atoms with Crippen molar-refractivity contribution in [3.63, 3.8) is 0 Å². The maximum absolute atomic E-state index is 12.8. The highest BCUT2D eigenvalue weighted by Crippen LogP contribution is 2.14. The lowest BCUT2D eigenvalue weighted by Gasteiger charge is -2.21. The minimum absolute atomic E-state index is 0.0229. The van der Waals surface area contributed by atoms with Gasteiger partial charge in [0, 0.05) is 25.3 Å². The van der Waals surface area contributed by atoms with Gasteiger partial charge >= 0.3 is 0 Å². The number of benzene rings is 1. The Morgan fingerprint density at radius 3 is 2.69 bits per heavy atom. The Labute approximate surface area is 153 Å². The summed E-state index contributed by atoms with van der Waals surface area (Å²) in [6.45, 7) is 6.71. The lowest BCUT2D eigenvalue weighted by atomic mass is 10.1. The van der Waals surface area contributed by atoms with E-state index in [1.165, 1.54) is 0 Å². The van der Waals surface area contributed by atoms with Crippen molar-refractivity contribution >= 4 is 11.0 Å². The van der Waals surface area contributed by atoms with Crippen LogP contribution in [0, 0.1) is 0 Å². The first-order valence-electron chi connectivity index (χ1n) is 8.99. The van der Waals surface area contributed by atoms with Crippen LogP contribution >= 0.6 is 0 Å². The van der Waals surface area contributed by atoms with Crippen molar-refractivity contribution in [2.24, 2.45) is 0 Å². The van der Waals surface area contributed by atoms with Gasteiger partial charge in [-0.05, 0) is 44.5 Å². The third-order valence-electron chi connectivity index (χ3n) is 4.17. The van der Waals surface area contributed by atoms with Crippen LogP contribution in [0.3, 0.4) is 0 Å². The van der Waals surface area contributed by atoms with Crippen molar-refractivity contribution < 1.29 is 13.6 Å². The average Bonchev–Trinajstić information content (AvgIpc) is 3.14. The van der Waals surface area contributed by atoms with Gasteiger partial charge in [0.2, 0.25) is 0 Å². The molecule has 3 rings (SSSR count). The number of ether oxygens (including phenoxy) is 1. The van der Waals surface area contributed by atoms with Gasteiger partial charge in [0.25, 0.3) is 0 Å². The highest BCUT2D eigenvalue weighted by molar-refractivity contribution is 5.76. The monoisotopic (exact) mass is 355 g/mol. The summed E-state index contributed by atoms with van der Waals surface area (Å²) in [6.07, 6.45) is 4.35. The molecule has 0 N–H and O–H groups in total. The van der Waals surface area contributed by atoms with Crippen molar-refractivity contribution in [3.05, 3.63) is 70.5 Å². The smallest absolute Gasteiger partial charge is 0.197 e. The highest BCUT2D eigenvalue weighted by atomic mass is 16.5. The number of rotatable bonds is 9. The number of fused-ring (bicyclic) bond motifs is 1. The average molecular weight is 355 g/mol. The molecule has 0 radical (unpaired) electrons. The summed E-state index contributed by atoms with van der Waals surface area (Å²) in [4.78, 5) is 14.9. The zero-order valence-electron chi connectivity index (χ0n) is 15.3. The zero-order valence-corrected chi connectivity index (χ0v) is 15.3. The Hall–Kier alpha value is -2.37. The van der Waals surface area contributed by atoms with Crippen LogP contribution in [0.4, 0.5) is 0 Å². The summed E-state index contributed by atoms with van der Waals surface area (Å²) < 4.78 is 16.7. The Morgan fingerprint density at radius 1 is 1.08 bits per heavy atom. The molecular weight excluding hydrogens is 330 g/mol. The van der Waals surface area contributed by atoms with Crippen molar-refractivity contribution in [1.82, 2.24) is 4.90 Å². The molecule has 138 valence electrons. The topological polar surface area (TPSA) is 55.8 Å². The molecule has 1 aromatic carbocycles. The third kappa shape index (κ3) is 4.84. The maximum Gasteiger partial charge on any atom is 0.197 e. The van der Waals surface area contributed by atoms with E-state index in [4.69, 9.17) is 13.6 Å². The number of furan rings is 1. The van der Waals surface area contributed by atoms with E-state index in [0.717, 1.165) is 18.7 Å². The van der Waals surface area contributed by atoms with E-state index in [2.05, 4.69) is 4.90 Å². The van der Waals surface area contributed by atoms with Crippen molar-refractivity contribution in [3.8, 4) is 0 Å². The summed E-state index contributed by atoms with van der Waals surface area (Å²) in [5, 5.41) is 0.617. The van der Waals surface area contributed by atoms with Gasteiger partial charge < -0.3 is 13.6 Å². The molecule has 0 saturated carbocycles. The Bertz CT molecular complexity index is 867. The molecule has 0 unspecified atom stereocenters. The Morgan fingerprint density at radius 2 is 1.92 bits per heavy atom. The molecule has 0 aliphatic rings. The number of para-hydroxylation sites is 1. The second kappa shape index (κ2) is 8.83. The second-order valence-corrected chi connectivity index (χ2v) is 6.65. The molecule has 0 bridgehead atoms. The summed E-state index contributed by atoms with van der Waals surface area (Å²) in [6, 6.07) is 11.2. The van der Waals surface area contributed by atoms with Gasteiger partial charge in [-0.15, -0.1) is 0 Å². The van der Waals surface area contributed by atoms with Crippen LogP contribution in [0.15, 0.2) is 62.6 Å². The van der Waals surface area contributed by atoms with Crippen LogP contribution in [0.25, 0.3) is 11.0 Å². The summed E-state index contributed by atoms with van der Waals surface area (Å²) in [5.74, 6) is 0.875. The highest BCUT2D eigenvalue weighted by Gasteiger charge is 2.13. The SMILES string of the molecule is CC(C)OCCCN(Cc1ccco1)Cc1coc2ccccc2c1=O. The van der Waals surface area contributed by atoms with Gasteiger partial charge in [-0.1, -0.05) is 12.1 Å². The van der Waals surface area contributed by atoms with Crippen molar-refractivity contribution in [2.45, 2.75) is 39.5 Å². The molecular formula is C21H25NO4. The van der Waals surface area contributed by atoms with Crippen molar-refractivity contribution in [1.29, 1.82) is 0 Å². The number of hydrogen-bond donors (Lipinski definition) is 0. The standard InChI is InChI=1S/C21H25NO4/c1-16(2)24-12-6-10-22(14-18-7-5-11-25-18)13-17-15-26-20-9-4-3-8-19(20)21(17)23/h3-5,7-9,11,15-16H,6,10,12-14H2,1-2H3. The molecule has 0 atom stereocenters. The zero-order chi connectivity index (χ0) is 18.4. The van der Waals surface area contributed by atoms with Crippen LogP contribution in [0.5, 0.6) is 0 Å². The second-order valence-electron chi connectivity index (χ2n) is 6.65. The van der Waals surface area contributed by atoms with E-state index in [0.29, 0.717) is 36.2 Å². The number of hydrogen-bond acceptors (Lipinski definition) is 5. The molecule has 5 heteroatoms. The van der Waals surface area contributed by atoms with Gasteiger partial charge in [-0.3, -0.25) is 9.69 Å². The van der Waals surface area contributed by atoms with Gasteiger partial charge in [-0.25, -0.2) is 0 Å². The fourth-order valence-electron chi connectivity index (χ4n) is 2.91. The molecule has 5 nitrogen and oxygen atoms in total. The van der Waals surface area contributed by atoms with E-state index < -0.39 is 0 Å². The minimum Gasteiger partial charge on any atom is -0.468 e. The van der Waals surface area contributed by atoms with Gasteiger partial charge in [0.15, 0.2) is 5.43 Å². The third-order valence-corrected chi connectivity index (χ3v) is 4.17. The fraction of sp³-hybridized carbons (Fsp3) is 0.381. The Balaban J connectivity index is 1.73. The van der Waals surface area contributed by atoms with Crippen LogP contribution in [0.1, 0.15) is 31.6 Å². The fourth-order valence-corrected chi connectivity index (χ4v) is 2.91. The molecule has 0 fully saturated rings. The maximum atomic E-state index is 12.8. The molecule has 3 aromatic rings. The lowest BCUT2D eigenvalue weighted by Crippen LogP contribution is -2.27. The summed E-state index contributed by atoms with van der Waals surface area (Å²) in [5.41, 5.74) is 1.29.